The van der Waals surface area contributed by atoms with E-state index in [0.717, 1.165) is 22.9 Å². The highest BCUT2D eigenvalue weighted by Gasteiger charge is 2.34. The molecule has 144 valence electrons. The fourth-order valence-corrected chi connectivity index (χ4v) is 5.23. The second-order valence-electron chi connectivity index (χ2n) is 6.03. The smallest absolute Gasteiger partial charge is 0.267 e. The second-order valence-corrected chi connectivity index (χ2v) is 9.81. The van der Waals surface area contributed by atoms with Gasteiger partial charge in [-0.25, -0.2) is 23.4 Å². The zero-order chi connectivity index (χ0) is 19.9. The van der Waals surface area contributed by atoms with Crippen molar-refractivity contribution in [3.8, 4) is 11.3 Å². The highest BCUT2D eigenvalue weighted by Crippen LogP contribution is 2.41. The number of thioether (sulfide) groups is 1. The minimum absolute atomic E-state index is 0.0599. The minimum Gasteiger partial charge on any atom is -0.301 e. The van der Waals surface area contributed by atoms with Gasteiger partial charge in [0.2, 0.25) is 5.91 Å². The third-order valence-corrected chi connectivity index (χ3v) is 7.45. The molecule has 0 atom stereocenters. The van der Waals surface area contributed by atoms with Crippen LogP contribution in [0.1, 0.15) is 5.56 Å². The average molecular weight is 434 g/mol. The Labute approximate surface area is 170 Å². The van der Waals surface area contributed by atoms with E-state index in [1.165, 1.54) is 28.9 Å². The number of nitrogens with zero attached hydrogens (tertiary/aromatic N) is 4. The van der Waals surface area contributed by atoms with Crippen molar-refractivity contribution in [2.24, 2.45) is 0 Å². The summed E-state index contributed by atoms with van der Waals surface area (Å²) in [5.74, 6) is -0.143. The fourth-order valence-electron chi connectivity index (χ4n) is 2.77. The van der Waals surface area contributed by atoms with Crippen molar-refractivity contribution >= 4 is 49.8 Å². The van der Waals surface area contributed by atoms with Crippen molar-refractivity contribution in [2.75, 3.05) is 22.4 Å². The van der Waals surface area contributed by atoms with Gasteiger partial charge in [0, 0.05) is 24.2 Å². The van der Waals surface area contributed by atoms with Crippen LogP contribution < -0.4 is 9.62 Å². The van der Waals surface area contributed by atoms with E-state index in [1.807, 2.05) is 19.1 Å². The second kappa shape index (κ2) is 7.15. The summed E-state index contributed by atoms with van der Waals surface area (Å²) in [6.45, 7) is 1.93. The Morgan fingerprint density at radius 1 is 1.32 bits per heavy atom. The summed E-state index contributed by atoms with van der Waals surface area (Å²) < 4.78 is 26.8. The first-order valence-electron chi connectivity index (χ1n) is 8.15. The molecule has 1 aliphatic rings. The Balaban J connectivity index is 1.64. The van der Waals surface area contributed by atoms with Crippen LogP contribution in [0, 0.1) is 6.92 Å². The summed E-state index contributed by atoms with van der Waals surface area (Å²) in [5, 5.41) is 5.31. The van der Waals surface area contributed by atoms with Gasteiger partial charge in [-0.1, -0.05) is 23.4 Å². The standard InChI is InChI=1S/C17H15N5O3S3/c1-10-3-4-12-11(7-10)15-13(28(24,25)22(12)2)8-19-17(21-15)27-9-14(23)20-16-18-5-6-26-16/h3-8H,9H2,1-2H3,(H,18,20,23). The number of hydrogen-bond acceptors (Lipinski definition) is 8. The van der Waals surface area contributed by atoms with Gasteiger partial charge in [-0.05, 0) is 19.1 Å². The quantitative estimate of drug-likeness (QED) is 0.498. The van der Waals surface area contributed by atoms with Crippen LogP contribution in [0.25, 0.3) is 11.3 Å². The largest absolute Gasteiger partial charge is 0.301 e. The Kier molecular flexibility index (Phi) is 4.81. The molecule has 3 aromatic rings. The zero-order valence-corrected chi connectivity index (χ0v) is 17.4. The number of thiazole rings is 1. The van der Waals surface area contributed by atoms with Gasteiger partial charge in [0.05, 0.1) is 23.3 Å². The molecule has 11 heteroatoms. The van der Waals surface area contributed by atoms with Gasteiger partial charge in [-0.2, -0.15) is 0 Å². The Bertz CT molecular complexity index is 1160. The fraction of sp³-hybridized carbons (Fsp3) is 0.176. The van der Waals surface area contributed by atoms with Crippen LogP contribution in [0.15, 0.2) is 46.0 Å². The molecule has 1 amide bonds. The lowest BCUT2D eigenvalue weighted by Crippen LogP contribution is -2.31. The molecule has 28 heavy (non-hydrogen) atoms. The van der Waals surface area contributed by atoms with E-state index in [0.29, 0.717) is 21.7 Å². The van der Waals surface area contributed by atoms with Crippen LogP contribution in [0.2, 0.25) is 0 Å². The Morgan fingerprint density at radius 3 is 2.89 bits per heavy atom. The predicted octanol–water partition coefficient (Wildman–Crippen LogP) is 2.78. The number of fused-ring (bicyclic) bond motifs is 3. The summed E-state index contributed by atoms with van der Waals surface area (Å²) in [6.07, 6.45) is 2.91. The number of sulfonamides is 1. The van der Waals surface area contributed by atoms with Crippen molar-refractivity contribution in [3.63, 3.8) is 0 Å². The van der Waals surface area contributed by atoms with Crippen LogP contribution in [-0.4, -0.2) is 42.1 Å². The number of carbonyl (C=O) groups excluding carboxylic acids is 1. The van der Waals surface area contributed by atoms with Gasteiger partial charge >= 0.3 is 0 Å². The SMILES string of the molecule is Cc1ccc2c(c1)-c1nc(SCC(=O)Nc3nccs3)ncc1S(=O)(=O)N2C. The van der Waals surface area contributed by atoms with Crippen LogP contribution >= 0.6 is 23.1 Å². The summed E-state index contributed by atoms with van der Waals surface area (Å²) in [5.41, 5.74) is 2.64. The molecule has 0 radical (unpaired) electrons. The lowest BCUT2D eigenvalue weighted by molar-refractivity contribution is -0.113. The first kappa shape index (κ1) is 18.8. The first-order valence-corrected chi connectivity index (χ1v) is 11.5. The maximum absolute atomic E-state index is 12.8. The van der Waals surface area contributed by atoms with E-state index in [4.69, 9.17) is 0 Å². The minimum atomic E-state index is -3.72. The first-order chi connectivity index (χ1) is 13.4. The van der Waals surface area contributed by atoms with Gasteiger partial charge in [0.15, 0.2) is 10.3 Å². The molecule has 4 rings (SSSR count). The molecular weight excluding hydrogens is 418 g/mol. The third-order valence-electron chi connectivity index (χ3n) is 4.13. The van der Waals surface area contributed by atoms with Crippen molar-refractivity contribution in [1.82, 2.24) is 15.0 Å². The van der Waals surface area contributed by atoms with E-state index in [9.17, 15) is 13.2 Å². The number of aromatic nitrogens is 3. The molecule has 8 nitrogen and oxygen atoms in total. The molecule has 0 saturated carbocycles. The van der Waals surface area contributed by atoms with E-state index in [-0.39, 0.29) is 16.6 Å². The van der Waals surface area contributed by atoms with E-state index < -0.39 is 10.0 Å². The van der Waals surface area contributed by atoms with E-state index in [1.54, 1.807) is 17.6 Å². The maximum Gasteiger partial charge on any atom is 0.267 e. The van der Waals surface area contributed by atoms with Crippen molar-refractivity contribution < 1.29 is 13.2 Å². The number of benzene rings is 1. The molecular formula is C17H15N5O3S3. The monoisotopic (exact) mass is 433 g/mol. The molecule has 3 heterocycles. The number of amides is 1. The number of hydrogen-bond donors (Lipinski definition) is 1. The summed E-state index contributed by atoms with van der Waals surface area (Å²) in [4.78, 5) is 24.7. The van der Waals surface area contributed by atoms with E-state index >= 15 is 0 Å². The van der Waals surface area contributed by atoms with Crippen LogP contribution in [-0.2, 0) is 14.8 Å². The van der Waals surface area contributed by atoms with Crippen molar-refractivity contribution in [2.45, 2.75) is 17.0 Å². The topological polar surface area (TPSA) is 105 Å². The number of anilines is 2. The number of carbonyl (C=O) groups is 1. The molecule has 1 aromatic carbocycles. The number of nitrogens with one attached hydrogen (secondary N) is 1. The Morgan fingerprint density at radius 2 is 2.14 bits per heavy atom. The maximum atomic E-state index is 12.8. The molecule has 0 spiro atoms. The normalized spacial score (nSPS) is 14.3. The highest BCUT2D eigenvalue weighted by molar-refractivity contribution is 7.99. The van der Waals surface area contributed by atoms with Gasteiger partial charge in [-0.3, -0.25) is 9.10 Å². The highest BCUT2D eigenvalue weighted by atomic mass is 32.2. The molecule has 2 aromatic heterocycles. The molecule has 0 saturated heterocycles. The van der Waals surface area contributed by atoms with Crippen LogP contribution in [0.5, 0.6) is 0 Å². The molecule has 0 fully saturated rings. The molecule has 1 aliphatic heterocycles. The van der Waals surface area contributed by atoms with E-state index in [2.05, 4.69) is 20.3 Å². The molecule has 1 N–H and O–H groups in total. The van der Waals surface area contributed by atoms with Crippen molar-refractivity contribution in [1.29, 1.82) is 0 Å². The van der Waals surface area contributed by atoms with Crippen LogP contribution in [0.3, 0.4) is 0 Å². The summed E-state index contributed by atoms with van der Waals surface area (Å²) in [6, 6.07) is 5.52. The molecule has 0 aliphatic carbocycles. The van der Waals surface area contributed by atoms with Gasteiger partial charge < -0.3 is 5.32 Å². The van der Waals surface area contributed by atoms with Gasteiger partial charge in [0.1, 0.15) is 4.90 Å². The van der Waals surface area contributed by atoms with Gasteiger partial charge in [0.25, 0.3) is 10.0 Å². The number of rotatable bonds is 4. The predicted molar refractivity (Wildman–Crippen MR) is 109 cm³/mol. The molecule has 0 unspecified atom stereocenters. The zero-order valence-electron chi connectivity index (χ0n) is 14.9. The lowest BCUT2D eigenvalue weighted by atomic mass is 10.1. The molecule has 0 bridgehead atoms. The summed E-state index contributed by atoms with van der Waals surface area (Å²) in [7, 11) is -2.20. The average Bonchev–Trinajstić information content (AvgIpc) is 3.17. The lowest BCUT2D eigenvalue weighted by Gasteiger charge is -2.28. The Hall–Kier alpha value is -2.50. The third kappa shape index (κ3) is 3.36. The summed E-state index contributed by atoms with van der Waals surface area (Å²) >= 11 is 2.47. The van der Waals surface area contributed by atoms with Crippen molar-refractivity contribution in [3.05, 3.63) is 41.5 Å². The van der Waals surface area contributed by atoms with Crippen LogP contribution in [0.4, 0.5) is 10.8 Å². The van der Waals surface area contributed by atoms with Gasteiger partial charge in [-0.15, -0.1) is 11.3 Å². The number of aryl methyl sites for hydroxylation is 1.